The topological polar surface area (TPSA) is 71.5 Å². The number of fused-ring (bicyclic) bond motifs is 1. The van der Waals surface area contributed by atoms with Gasteiger partial charge < -0.3 is 0 Å². The maximum Gasteiger partial charge on any atom is 0.264 e. The van der Waals surface area contributed by atoms with Crippen molar-refractivity contribution in [3.63, 3.8) is 0 Å². The van der Waals surface area contributed by atoms with E-state index in [1.54, 1.807) is 48.5 Å². The van der Waals surface area contributed by atoms with Crippen LogP contribution in [-0.2, 0) is 32.7 Å². The van der Waals surface area contributed by atoms with Gasteiger partial charge in [0.2, 0.25) is 0 Å². The Morgan fingerprint density at radius 1 is 0.939 bits per heavy atom. The number of benzene rings is 3. The predicted molar refractivity (Wildman–Crippen MR) is 127 cm³/mol. The lowest BCUT2D eigenvalue weighted by molar-refractivity contribution is 0.521. The van der Waals surface area contributed by atoms with E-state index in [1.165, 1.54) is 16.4 Å². The molecule has 0 spiro atoms. The monoisotopic (exact) mass is 487 g/mol. The Morgan fingerprint density at radius 2 is 1.67 bits per heavy atom. The maximum atomic E-state index is 14.2. The van der Waals surface area contributed by atoms with Gasteiger partial charge in [0.15, 0.2) is 9.84 Å². The summed E-state index contributed by atoms with van der Waals surface area (Å²) in [5.74, 6) is -0.487. The summed E-state index contributed by atoms with van der Waals surface area (Å²) in [6.07, 6.45) is 3.38. The van der Waals surface area contributed by atoms with Crippen LogP contribution in [0.3, 0.4) is 0 Å². The summed E-state index contributed by atoms with van der Waals surface area (Å²) >= 11 is 0. The second kappa shape index (κ2) is 8.91. The highest BCUT2D eigenvalue weighted by Crippen LogP contribution is 2.37. The summed E-state index contributed by atoms with van der Waals surface area (Å²) in [6, 6.07) is 17.3. The van der Waals surface area contributed by atoms with Crippen molar-refractivity contribution in [3.8, 4) is 0 Å². The average Bonchev–Trinajstić information content (AvgIpc) is 2.77. The molecule has 5 nitrogen and oxygen atoms in total. The van der Waals surface area contributed by atoms with Crippen molar-refractivity contribution in [2.75, 3.05) is 10.6 Å². The minimum Gasteiger partial charge on any atom is -0.263 e. The van der Waals surface area contributed by atoms with Gasteiger partial charge in [-0.25, -0.2) is 21.2 Å². The number of nitrogens with zero attached hydrogens (tertiary/aromatic N) is 1. The minimum atomic E-state index is -3.92. The molecular weight excluding hydrogens is 461 g/mol. The van der Waals surface area contributed by atoms with Gasteiger partial charge in [-0.3, -0.25) is 4.31 Å². The first kappa shape index (κ1) is 23.4. The number of hydrogen-bond acceptors (Lipinski definition) is 4. The first-order chi connectivity index (χ1) is 15.6. The molecule has 3 aromatic rings. The fourth-order valence-electron chi connectivity index (χ4n) is 4.27. The van der Waals surface area contributed by atoms with Crippen molar-refractivity contribution in [3.05, 3.63) is 89.2 Å². The van der Waals surface area contributed by atoms with Crippen molar-refractivity contribution in [2.45, 2.75) is 48.4 Å². The fourth-order valence-corrected chi connectivity index (χ4v) is 6.70. The van der Waals surface area contributed by atoms with Crippen LogP contribution in [-0.4, -0.2) is 29.1 Å². The van der Waals surface area contributed by atoms with Crippen molar-refractivity contribution in [2.24, 2.45) is 0 Å². The van der Waals surface area contributed by atoms with Gasteiger partial charge in [0.1, 0.15) is 5.82 Å². The van der Waals surface area contributed by atoms with E-state index in [9.17, 15) is 21.2 Å². The van der Waals surface area contributed by atoms with Gasteiger partial charge in [-0.05, 0) is 80.1 Å². The van der Waals surface area contributed by atoms with E-state index in [-0.39, 0.29) is 15.8 Å². The van der Waals surface area contributed by atoms with Crippen LogP contribution < -0.4 is 4.31 Å². The van der Waals surface area contributed by atoms with E-state index >= 15 is 0 Å². The molecule has 0 amide bonds. The highest BCUT2D eigenvalue weighted by atomic mass is 32.2. The molecule has 4 rings (SSSR count). The molecule has 1 aliphatic rings. The first-order valence-electron chi connectivity index (χ1n) is 10.7. The number of sulfone groups is 1. The van der Waals surface area contributed by atoms with E-state index in [1.807, 2.05) is 13.0 Å². The van der Waals surface area contributed by atoms with Gasteiger partial charge in [-0.15, -0.1) is 0 Å². The summed E-state index contributed by atoms with van der Waals surface area (Å²) in [7, 11) is -7.26. The van der Waals surface area contributed by atoms with E-state index in [4.69, 9.17) is 0 Å². The van der Waals surface area contributed by atoms with Gasteiger partial charge in [0, 0.05) is 12.3 Å². The Labute approximate surface area is 194 Å². The summed E-state index contributed by atoms with van der Waals surface area (Å²) in [6.45, 7) is 1.88. The quantitative estimate of drug-likeness (QED) is 0.506. The van der Waals surface area contributed by atoms with Crippen LogP contribution in [0.15, 0.2) is 76.5 Å². The Bertz CT molecular complexity index is 1380. The molecule has 1 heterocycles. The molecule has 0 aliphatic carbocycles. The third-order valence-electron chi connectivity index (χ3n) is 6.03. The normalized spacial score (nSPS) is 16.5. The molecule has 0 radical (unpaired) electrons. The molecule has 0 bridgehead atoms. The lowest BCUT2D eigenvalue weighted by Gasteiger charge is -2.38. The third kappa shape index (κ3) is 4.96. The Hall–Kier alpha value is -2.71. The Morgan fingerprint density at radius 3 is 2.36 bits per heavy atom. The molecule has 0 aromatic heterocycles. The second-order valence-corrected chi connectivity index (χ2v) is 12.4. The van der Waals surface area contributed by atoms with Crippen molar-refractivity contribution >= 4 is 25.5 Å². The summed E-state index contributed by atoms with van der Waals surface area (Å²) < 4.78 is 66.7. The van der Waals surface area contributed by atoms with Gasteiger partial charge in [-0.1, -0.05) is 35.9 Å². The Balaban J connectivity index is 1.70. The summed E-state index contributed by atoms with van der Waals surface area (Å²) in [5.41, 5.74) is 2.93. The lowest BCUT2D eigenvalue weighted by atomic mass is 9.94. The molecule has 0 fully saturated rings. The average molecular weight is 488 g/mol. The second-order valence-electron chi connectivity index (χ2n) is 8.54. The first-order valence-corrected chi connectivity index (χ1v) is 14.1. The molecule has 174 valence electrons. The zero-order chi connectivity index (χ0) is 23.8. The van der Waals surface area contributed by atoms with Crippen LogP contribution in [0.1, 0.15) is 29.5 Å². The molecule has 0 saturated carbocycles. The zero-order valence-electron chi connectivity index (χ0n) is 18.5. The molecular formula is C25H26FNO4S2. The van der Waals surface area contributed by atoms with Crippen LogP contribution in [0.25, 0.3) is 0 Å². The minimum absolute atomic E-state index is 0.161. The number of anilines is 1. The van der Waals surface area contributed by atoms with Crippen molar-refractivity contribution in [1.29, 1.82) is 0 Å². The molecule has 1 aliphatic heterocycles. The van der Waals surface area contributed by atoms with Crippen LogP contribution in [0.2, 0.25) is 0 Å². The molecule has 0 N–H and O–H groups in total. The number of rotatable bonds is 6. The van der Waals surface area contributed by atoms with Gasteiger partial charge >= 0.3 is 0 Å². The molecule has 8 heteroatoms. The van der Waals surface area contributed by atoms with Crippen molar-refractivity contribution < 1.29 is 21.2 Å². The highest BCUT2D eigenvalue weighted by Gasteiger charge is 2.36. The highest BCUT2D eigenvalue weighted by molar-refractivity contribution is 7.93. The van der Waals surface area contributed by atoms with Gasteiger partial charge in [0.05, 0.1) is 15.5 Å². The predicted octanol–water partition coefficient (Wildman–Crippen LogP) is 4.68. The van der Waals surface area contributed by atoms with Gasteiger partial charge in [0.25, 0.3) is 10.0 Å². The number of hydrogen-bond donors (Lipinski definition) is 0. The molecule has 33 heavy (non-hydrogen) atoms. The largest absolute Gasteiger partial charge is 0.264 e. The van der Waals surface area contributed by atoms with Crippen LogP contribution in [0.5, 0.6) is 0 Å². The SMILES string of the molecule is Cc1ccc(S(=O)(=O)N2c3cc(F)ccc3CCC2CCc2cccc(S(C)(=O)=O)c2)cc1. The van der Waals surface area contributed by atoms with E-state index in [0.29, 0.717) is 31.4 Å². The molecule has 1 unspecified atom stereocenters. The summed E-state index contributed by atoms with van der Waals surface area (Å²) in [5, 5.41) is 0. The third-order valence-corrected chi connectivity index (χ3v) is 9.02. The number of halogens is 1. The van der Waals surface area contributed by atoms with Crippen molar-refractivity contribution in [1.82, 2.24) is 0 Å². The van der Waals surface area contributed by atoms with E-state index in [0.717, 1.165) is 22.9 Å². The van der Waals surface area contributed by atoms with Gasteiger partial charge in [-0.2, -0.15) is 0 Å². The smallest absolute Gasteiger partial charge is 0.263 e. The molecule has 3 aromatic carbocycles. The number of aryl methyl sites for hydroxylation is 3. The summed E-state index contributed by atoms with van der Waals surface area (Å²) in [4.78, 5) is 0.398. The standard InChI is InChI=1S/C25H26FNO4S2/c1-18-6-14-23(15-7-18)33(30,31)27-22(13-10-20-9-11-21(26)17-25(20)27)12-8-19-4-3-5-24(16-19)32(2,28)29/h3-7,9,11,14-17,22H,8,10,12-13H2,1-2H3. The zero-order valence-corrected chi connectivity index (χ0v) is 20.2. The number of sulfonamides is 1. The maximum absolute atomic E-state index is 14.2. The molecule has 1 atom stereocenters. The van der Waals surface area contributed by atoms with Crippen LogP contribution in [0, 0.1) is 12.7 Å². The fraction of sp³-hybridized carbons (Fsp3) is 0.280. The van der Waals surface area contributed by atoms with Crippen LogP contribution >= 0.6 is 0 Å². The lowest BCUT2D eigenvalue weighted by Crippen LogP contribution is -2.44. The van der Waals surface area contributed by atoms with E-state index in [2.05, 4.69) is 0 Å². The Kier molecular flexibility index (Phi) is 6.33. The molecule has 0 saturated heterocycles. The van der Waals surface area contributed by atoms with Crippen LogP contribution in [0.4, 0.5) is 10.1 Å². The van der Waals surface area contributed by atoms with E-state index < -0.39 is 25.7 Å².